The molecule has 0 aliphatic rings. The highest BCUT2D eigenvalue weighted by molar-refractivity contribution is 7.96. The highest BCUT2D eigenvalue weighted by Crippen LogP contribution is 2.38. The van der Waals surface area contributed by atoms with E-state index in [1.807, 2.05) is 0 Å². The molecule has 7 nitrogen and oxygen atoms in total. The van der Waals surface area contributed by atoms with Gasteiger partial charge < -0.3 is 9.47 Å². The van der Waals surface area contributed by atoms with Gasteiger partial charge in [0, 0.05) is 7.05 Å². The average Bonchev–Trinajstić information content (AvgIpc) is 2.65. The Morgan fingerprint density at radius 3 is 1.97 bits per heavy atom. The van der Waals surface area contributed by atoms with Crippen molar-refractivity contribution in [2.45, 2.75) is 19.3 Å². The Labute approximate surface area is 184 Å². The minimum Gasteiger partial charge on any atom is -0.466 e. The SMILES string of the molecule is Cc1ccccc1NOSN(C)c1c(OCC(F)(F)F)ncnc1OCC(F)(F)F.S. The van der Waals surface area contributed by atoms with Gasteiger partial charge in [0.05, 0.1) is 5.69 Å². The van der Waals surface area contributed by atoms with Gasteiger partial charge in [0.2, 0.25) is 11.8 Å². The smallest absolute Gasteiger partial charge is 0.422 e. The van der Waals surface area contributed by atoms with Crippen molar-refractivity contribution >= 4 is 37.1 Å². The van der Waals surface area contributed by atoms with E-state index >= 15 is 0 Å². The molecule has 174 valence electrons. The maximum Gasteiger partial charge on any atom is 0.422 e. The summed E-state index contributed by atoms with van der Waals surface area (Å²) in [5.74, 6) is -1.26. The lowest BCUT2D eigenvalue weighted by molar-refractivity contribution is -0.154. The predicted molar refractivity (Wildman–Crippen MR) is 107 cm³/mol. The normalized spacial score (nSPS) is 11.5. The lowest BCUT2D eigenvalue weighted by Crippen LogP contribution is -2.23. The van der Waals surface area contributed by atoms with Crippen LogP contribution in [0.4, 0.5) is 37.7 Å². The fourth-order valence-electron chi connectivity index (χ4n) is 1.97. The van der Waals surface area contributed by atoms with Gasteiger partial charge in [-0.2, -0.15) is 54.1 Å². The van der Waals surface area contributed by atoms with E-state index < -0.39 is 37.3 Å². The second kappa shape index (κ2) is 11.4. The first-order valence-corrected chi connectivity index (χ1v) is 8.79. The molecule has 1 aromatic carbocycles. The molecule has 1 aromatic heterocycles. The summed E-state index contributed by atoms with van der Waals surface area (Å²) < 4.78 is 90.5. The summed E-state index contributed by atoms with van der Waals surface area (Å²) in [6.07, 6.45) is -8.65. The van der Waals surface area contributed by atoms with Gasteiger partial charge in [-0.15, -0.1) is 0 Å². The number of nitrogens with one attached hydrogen (secondary N) is 1. The summed E-state index contributed by atoms with van der Waals surface area (Å²) in [5, 5.41) is 0. The molecule has 0 aliphatic carbocycles. The summed E-state index contributed by atoms with van der Waals surface area (Å²) in [6.45, 7) is -1.62. The van der Waals surface area contributed by atoms with E-state index in [-0.39, 0.29) is 19.2 Å². The van der Waals surface area contributed by atoms with Crippen LogP contribution in [0.2, 0.25) is 0 Å². The Morgan fingerprint density at radius 2 is 1.48 bits per heavy atom. The van der Waals surface area contributed by atoms with Gasteiger partial charge in [-0.1, -0.05) is 18.2 Å². The van der Waals surface area contributed by atoms with E-state index in [1.54, 1.807) is 31.2 Å². The molecule has 1 N–H and O–H groups in total. The Bertz CT molecular complexity index is 805. The molecule has 1 heterocycles. The van der Waals surface area contributed by atoms with Crippen molar-refractivity contribution in [1.29, 1.82) is 0 Å². The third kappa shape index (κ3) is 9.18. The van der Waals surface area contributed by atoms with Gasteiger partial charge in [0.25, 0.3) is 0 Å². The lowest BCUT2D eigenvalue weighted by atomic mass is 10.2. The van der Waals surface area contributed by atoms with Crippen LogP contribution in [-0.2, 0) is 4.28 Å². The van der Waals surface area contributed by atoms with Crippen LogP contribution in [0.15, 0.2) is 30.6 Å². The molecule has 0 atom stereocenters. The van der Waals surface area contributed by atoms with Crippen molar-refractivity contribution in [2.24, 2.45) is 0 Å². The van der Waals surface area contributed by atoms with Gasteiger partial charge in [0.15, 0.2) is 18.9 Å². The second-order valence-corrected chi connectivity index (χ2v) is 6.58. The lowest BCUT2D eigenvalue weighted by Gasteiger charge is -2.22. The number of benzene rings is 1. The number of aryl methyl sites for hydroxylation is 1. The molecule has 0 spiro atoms. The molecule has 0 saturated heterocycles. The highest BCUT2D eigenvalue weighted by atomic mass is 32.2. The van der Waals surface area contributed by atoms with Gasteiger partial charge >= 0.3 is 12.4 Å². The Balaban J connectivity index is 0.00000480. The number of nitrogens with zero attached hydrogens (tertiary/aromatic N) is 3. The van der Waals surface area contributed by atoms with Crippen molar-refractivity contribution in [3.05, 3.63) is 36.2 Å². The van der Waals surface area contributed by atoms with Crippen molar-refractivity contribution < 1.29 is 40.1 Å². The number of ether oxygens (including phenoxy) is 2. The minimum atomic E-state index is -4.69. The molecule has 31 heavy (non-hydrogen) atoms. The number of alkyl halides is 6. The number of halogens is 6. The van der Waals surface area contributed by atoms with E-state index in [2.05, 4.69) is 24.9 Å². The zero-order valence-corrected chi connectivity index (χ0v) is 17.9. The summed E-state index contributed by atoms with van der Waals surface area (Å²) in [6, 6.07) is 7.05. The number of hydrogen-bond acceptors (Lipinski definition) is 8. The van der Waals surface area contributed by atoms with Gasteiger partial charge in [-0.3, -0.25) is 9.79 Å². The highest BCUT2D eigenvalue weighted by Gasteiger charge is 2.32. The van der Waals surface area contributed by atoms with Crippen LogP contribution in [-0.4, -0.2) is 42.6 Å². The van der Waals surface area contributed by atoms with Crippen LogP contribution >= 0.6 is 25.7 Å². The maximum atomic E-state index is 12.5. The molecule has 0 unspecified atom stereocenters. The first kappa shape index (κ1) is 26.8. The third-order valence-corrected chi connectivity index (χ3v) is 3.82. The zero-order chi connectivity index (χ0) is 22.4. The predicted octanol–water partition coefficient (Wildman–Crippen LogP) is 4.82. The fraction of sp³-hybridized carbons (Fsp3) is 0.375. The Morgan fingerprint density at radius 1 is 0.968 bits per heavy atom. The van der Waals surface area contributed by atoms with Crippen LogP contribution < -0.4 is 19.3 Å². The maximum absolute atomic E-state index is 12.5. The van der Waals surface area contributed by atoms with Gasteiger partial charge in [-0.05, 0) is 18.6 Å². The molecule has 0 fully saturated rings. The first-order chi connectivity index (χ1) is 14.0. The van der Waals surface area contributed by atoms with E-state index in [0.717, 1.165) is 16.2 Å². The quantitative estimate of drug-likeness (QED) is 0.231. The summed E-state index contributed by atoms with van der Waals surface area (Å²) in [4.78, 5) is 7.13. The third-order valence-electron chi connectivity index (χ3n) is 3.26. The molecule has 0 saturated carbocycles. The largest absolute Gasteiger partial charge is 0.466 e. The van der Waals surface area contributed by atoms with E-state index in [4.69, 9.17) is 4.28 Å². The Kier molecular flexibility index (Phi) is 9.83. The topological polar surface area (TPSA) is 68.7 Å². The zero-order valence-electron chi connectivity index (χ0n) is 16.0. The number of hydrogen-bond donors (Lipinski definition) is 1. The summed E-state index contributed by atoms with van der Waals surface area (Å²) in [5.41, 5.74) is 3.67. The van der Waals surface area contributed by atoms with Crippen molar-refractivity contribution in [3.8, 4) is 11.8 Å². The summed E-state index contributed by atoms with van der Waals surface area (Å²) >= 11 is 0.548. The van der Waals surface area contributed by atoms with Crippen LogP contribution in [0.5, 0.6) is 11.8 Å². The van der Waals surface area contributed by atoms with Crippen LogP contribution in [0.25, 0.3) is 0 Å². The fourth-order valence-corrected chi connectivity index (χ4v) is 2.44. The molecular formula is C16H18F6N4O3S2. The second-order valence-electron chi connectivity index (χ2n) is 5.71. The minimum absolute atomic E-state index is 0. The number of anilines is 2. The van der Waals surface area contributed by atoms with E-state index in [9.17, 15) is 26.3 Å². The van der Waals surface area contributed by atoms with E-state index in [0.29, 0.717) is 17.9 Å². The van der Waals surface area contributed by atoms with Crippen LogP contribution in [0.1, 0.15) is 5.56 Å². The summed E-state index contributed by atoms with van der Waals surface area (Å²) in [7, 11) is 1.30. The van der Waals surface area contributed by atoms with Crippen LogP contribution in [0, 0.1) is 6.92 Å². The van der Waals surface area contributed by atoms with E-state index in [1.165, 1.54) is 7.05 Å². The molecule has 15 heteroatoms. The number of aromatic nitrogens is 2. The van der Waals surface area contributed by atoms with Gasteiger partial charge in [-0.25, -0.2) is 0 Å². The molecule has 0 aliphatic heterocycles. The number of rotatable bonds is 9. The van der Waals surface area contributed by atoms with Crippen molar-refractivity contribution in [3.63, 3.8) is 0 Å². The molecule has 0 radical (unpaired) electrons. The van der Waals surface area contributed by atoms with Crippen molar-refractivity contribution in [1.82, 2.24) is 9.97 Å². The molecule has 0 amide bonds. The van der Waals surface area contributed by atoms with Crippen LogP contribution in [0.3, 0.4) is 0 Å². The molecule has 0 bridgehead atoms. The Hall–Kier alpha value is -2.26. The van der Waals surface area contributed by atoms with Crippen molar-refractivity contribution in [2.75, 3.05) is 30.0 Å². The standard InChI is InChI=1S/C16H16F6N4O3S.H2S/c1-10-5-3-4-6-11(10)25-29-30-26(2)12-13(27-7-15(17,18)19)23-9-24-14(12)28-8-16(20,21)22;/h3-6,9,25H,7-8H2,1-2H3;1H2. The first-order valence-electron chi connectivity index (χ1n) is 8.09. The molecule has 2 aromatic rings. The molecular weight excluding hydrogens is 474 g/mol. The monoisotopic (exact) mass is 492 g/mol. The van der Waals surface area contributed by atoms with Gasteiger partial charge in [0.1, 0.15) is 18.6 Å². The number of para-hydroxylation sites is 1. The average molecular weight is 492 g/mol. The molecule has 2 rings (SSSR count).